The fourth-order valence-corrected chi connectivity index (χ4v) is 10.9. The summed E-state index contributed by atoms with van der Waals surface area (Å²) in [5, 5.41) is 1.81. The zero-order valence-electron chi connectivity index (χ0n) is 67.6. The fourth-order valence-electron chi connectivity index (χ4n) is 10.9. The second kappa shape index (κ2) is 18.6. The Morgan fingerprint density at radius 3 is 1.76 bits per heavy atom. The van der Waals surface area contributed by atoms with E-state index < -0.39 is 173 Å². The van der Waals surface area contributed by atoms with Crippen molar-refractivity contribution in [1.82, 2.24) is 14.1 Å². The van der Waals surface area contributed by atoms with E-state index in [1.54, 1.807) is 36.5 Å². The van der Waals surface area contributed by atoms with Crippen LogP contribution in [0.3, 0.4) is 0 Å². The van der Waals surface area contributed by atoms with Crippen molar-refractivity contribution in [1.29, 1.82) is 0 Å². The Hall–Kier alpha value is -9.58. The highest BCUT2D eigenvalue weighted by atomic mass is 16.5. The molecule has 0 bridgehead atoms. The molecule has 0 saturated carbocycles. The van der Waals surface area contributed by atoms with Crippen LogP contribution in [0.25, 0.3) is 117 Å². The Kier molecular flexibility index (Phi) is 6.62. The number of aromatic nitrogens is 4. The molecule has 0 N–H and O–H groups in total. The van der Waals surface area contributed by atoms with Gasteiger partial charge >= 0.3 is 0 Å². The largest absolute Gasteiger partial charge is 0.458 e. The van der Waals surface area contributed by atoms with E-state index in [-0.39, 0.29) is 55.8 Å². The number of imidazole rings is 1. The minimum absolute atomic E-state index is 0.0919. The Bertz CT molecular complexity index is 5780. The van der Waals surface area contributed by atoms with Crippen LogP contribution in [0.5, 0.6) is 11.5 Å². The lowest BCUT2D eigenvalue weighted by atomic mass is 9.85. The predicted molar refractivity (Wildman–Crippen MR) is 326 cm³/mol. The van der Waals surface area contributed by atoms with Crippen LogP contribution in [0, 0.1) is 33.7 Å². The van der Waals surface area contributed by atoms with E-state index in [4.69, 9.17) is 27.5 Å². The Labute approximate surface area is 497 Å². The number of aryl methyl sites for hydroxylation is 4. The van der Waals surface area contributed by atoms with Gasteiger partial charge in [0.15, 0.2) is 0 Å². The minimum atomic E-state index is -3.13. The lowest BCUT2D eigenvalue weighted by Crippen LogP contribution is -2.32. The van der Waals surface area contributed by atoms with Gasteiger partial charge in [-0.25, -0.2) is 4.98 Å². The standard InChI is InChI=1S/C74H58N4O/c1-46-20-17-21-47(2)70(46)51-38-63(50-24-9-8-10-25-50)72-64(39-51)59-30-13-11-28-57(59)58-29-12-14-31-60(58)65-40-52(71-48(3)22-18-23-49(71)4)41-68-73(65)77(72)45-76(68)54-26-19-27-55(43-54)79-56-34-35-62-61-32-15-16-33-66(61)78(67(62)44-56)69-42-53(36-37-75-69)74(5,6)7/h8-44H,1-7H3/i1D3,2D3,3D3,4D3,8D,9D,10D,11D,12D,13D,14D,24D,25D,28D,29D,30D,31D. The second-order valence-corrected chi connectivity index (χ2v) is 20.3. The van der Waals surface area contributed by atoms with Crippen LogP contribution < -0.4 is 9.30 Å². The fraction of sp³-hybridized carbons (Fsp3) is 0.108. The maximum absolute atomic E-state index is 10.1. The Balaban J connectivity index is 1.19. The molecule has 0 saturated heterocycles. The molecule has 5 nitrogen and oxygen atoms in total. The summed E-state index contributed by atoms with van der Waals surface area (Å²) < 4.78 is 243. The average molecular weight is 1040 g/mol. The predicted octanol–water partition coefficient (Wildman–Crippen LogP) is 18.8. The van der Waals surface area contributed by atoms with Gasteiger partial charge in [-0.05, 0) is 194 Å². The van der Waals surface area contributed by atoms with Crippen LogP contribution in [0.1, 0.15) is 82.9 Å². The maximum atomic E-state index is 10.1. The van der Waals surface area contributed by atoms with E-state index in [0.717, 1.165) is 39.5 Å². The van der Waals surface area contributed by atoms with Crippen molar-refractivity contribution >= 4 is 32.8 Å². The molecule has 1 aliphatic heterocycles. The molecule has 380 valence electrons. The van der Waals surface area contributed by atoms with Crippen LogP contribution in [0.4, 0.5) is 0 Å². The lowest BCUT2D eigenvalue weighted by molar-refractivity contribution is -0.570. The maximum Gasteiger partial charge on any atom is 0.269 e. The van der Waals surface area contributed by atoms with Gasteiger partial charge in [0.25, 0.3) is 6.33 Å². The van der Waals surface area contributed by atoms with Crippen molar-refractivity contribution in [3.8, 4) is 95.5 Å². The third kappa shape index (κ3) is 7.99. The summed E-state index contributed by atoms with van der Waals surface area (Å²) in [6, 6.07) is 24.6. The first-order chi connectivity index (χ1) is 48.7. The van der Waals surface area contributed by atoms with Gasteiger partial charge < -0.3 is 4.74 Å². The van der Waals surface area contributed by atoms with E-state index in [1.807, 2.05) is 53.1 Å². The van der Waals surface area contributed by atoms with Gasteiger partial charge in [-0.2, -0.15) is 0 Å². The van der Waals surface area contributed by atoms with E-state index >= 15 is 0 Å². The summed E-state index contributed by atoms with van der Waals surface area (Å²) in [6.07, 6.45) is 5.13. The van der Waals surface area contributed by atoms with Crippen molar-refractivity contribution < 1.29 is 43.6 Å². The molecular formula is C74H58N4O. The molecule has 0 spiro atoms. The van der Waals surface area contributed by atoms with E-state index in [9.17, 15) is 16.4 Å². The summed E-state index contributed by atoms with van der Waals surface area (Å²) in [7, 11) is 0. The molecule has 0 fully saturated rings. The smallest absolute Gasteiger partial charge is 0.269 e. The lowest BCUT2D eigenvalue weighted by Gasteiger charge is -2.22. The van der Waals surface area contributed by atoms with Crippen LogP contribution >= 0.6 is 0 Å². The number of ether oxygens (including phenoxy) is 1. The number of hydrogen-bond donors (Lipinski definition) is 0. The van der Waals surface area contributed by atoms with E-state index in [0.29, 0.717) is 11.6 Å². The van der Waals surface area contributed by atoms with Gasteiger partial charge in [0.1, 0.15) is 17.3 Å². The number of fused-ring (bicyclic) bond motifs is 10. The molecule has 0 radical (unpaired) electrons. The van der Waals surface area contributed by atoms with Crippen molar-refractivity contribution in [2.24, 2.45) is 0 Å². The highest BCUT2D eigenvalue weighted by Crippen LogP contribution is 2.48. The molecule has 0 atom stereocenters. The average Bonchev–Trinajstić information content (AvgIpc) is 1.47. The number of benzene rings is 10. The third-order valence-electron chi connectivity index (χ3n) is 14.5. The monoisotopic (exact) mass is 1040 g/mol. The van der Waals surface area contributed by atoms with Gasteiger partial charge in [-0.15, -0.1) is 0 Å². The zero-order valence-corrected chi connectivity index (χ0v) is 42.6. The Morgan fingerprint density at radius 1 is 0.494 bits per heavy atom. The molecule has 0 aliphatic carbocycles. The molecule has 5 heteroatoms. The highest BCUT2D eigenvalue weighted by molar-refractivity contribution is 6.10. The second-order valence-electron chi connectivity index (χ2n) is 20.3. The summed E-state index contributed by atoms with van der Waals surface area (Å²) >= 11 is 0. The van der Waals surface area contributed by atoms with Crippen molar-refractivity contribution in [2.75, 3.05) is 0 Å². The molecule has 14 rings (SSSR count). The first kappa shape index (κ1) is 28.2. The normalized spacial score (nSPS) is 17.2. The number of pyridine rings is 1. The van der Waals surface area contributed by atoms with Crippen LogP contribution in [-0.2, 0) is 5.41 Å². The molecule has 1 aliphatic rings. The quantitative estimate of drug-likeness (QED) is 0.118. The molecule has 13 aromatic rings. The van der Waals surface area contributed by atoms with Crippen LogP contribution in [0.2, 0.25) is 0 Å². The first-order valence-corrected chi connectivity index (χ1v) is 25.3. The van der Waals surface area contributed by atoms with Crippen molar-refractivity contribution in [2.45, 2.75) is 53.6 Å². The number of nitrogens with zero attached hydrogens (tertiary/aromatic N) is 4. The van der Waals surface area contributed by atoms with Gasteiger partial charge in [-0.1, -0.05) is 166 Å². The SMILES string of the molecule is [2H]c1c([2H])c([2H])c(-c2cc(-c3c(C([2H])([2H])[2H])cccc3C([2H])([2H])[2H])cc3c2-[n+]2[c-]n(-c4cccc(Oc5ccc6c7ccccc7n(-c7cc(C(C)(C)C)ccn7)c6c5)c4)c4cc(-c5c(C([2H])([2H])[2H])cccc5C([2H])([2H])[2H])cc(c42)-c2c([2H])c([2H])c([2H])c([2H])c2-c2c([2H])c([2H])c([2H])c([2H])c2-3)c([2H])c1[2H]. The van der Waals surface area contributed by atoms with Crippen molar-refractivity contribution in [3.63, 3.8) is 0 Å². The van der Waals surface area contributed by atoms with Crippen LogP contribution in [-0.4, -0.2) is 14.1 Å². The van der Waals surface area contributed by atoms with Gasteiger partial charge in [0, 0.05) is 39.5 Å². The summed E-state index contributed by atoms with van der Waals surface area (Å²) in [6.45, 7) is -6.05. The molecule has 4 heterocycles. The molecule has 0 unspecified atom stereocenters. The molecular weight excluding hydrogens is 961 g/mol. The number of rotatable bonds is 7. The van der Waals surface area contributed by atoms with E-state index in [1.165, 1.54) is 57.7 Å². The molecule has 0 amide bonds. The number of hydrogen-bond acceptors (Lipinski definition) is 2. The summed E-state index contributed by atoms with van der Waals surface area (Å²) in [5.41, 5.74) is -5.66. The van der Waals surface area contributed by atoms with Crippen molar-refractivity contribution in [3.05, 3.63) is 258 Å². The summed E-state index contributed by atoms with van der Waals surface area (Å²) in [4.78, 5) is 4.83. The summed E-state index contributed by atoms with van der Waals surface area (Å²) in [5.74, 6) is 1.17. The topological polar surface area (TPSA) is 35.9 Å². The van der Waals surface area contributed by atoms with Gasteiger partial charge in [-0.3, -0.25) is 13.7 Å². The van der Waals surface area contributed by atoms with Crippen LogP contribution in [0.15, 0.2) is 224 Å². The highest BCUT2D eigenvalue weighted by Gasteiger charge is 2.29. The van der Waals surface area contributed by atoms with Gasteiger partial charge in [0.05, 0.1) is 51.3 Å². The number of para-hydroxylation sites is 1. The Morgan fingerprint density at radius 2 is 1.08 bits per heavy atom. The molecule has 79 heavy (non-hydrogen) atoms. The van der Waals surface area contributed by atoms with E-state index in [2.05, 4.69) is 27.1 Å². The zero-order chi connectivity index (χ0) is 75.0. The van der Waals surface area contributed by atoms with Gasteiger partial charge in [0.2, 0.25) is 0 Å². The molecule has 10 aromatic carbocycles. The first-order valence-electron chi connectivity index (χ1n) is 37.8. The minimum Gasteiger partial charge on any atom is -0.458 e. The third-order valence-corrected chi connectivity index (χ3v) is 14.5. The molecule has 3 aromatic heterocycles.